The van der Waals surface area contributed by atoms with Gasteiger partial charge >= 0.3 is 0 Å². The highest BCUT2D eigenvalue weighted by atomic mass is 16.5. The number of methoxy groups -OCH3 is 3. The van der Waals surface area contributed by atoms with E-state index < -0.39 is 6.10 Å². The summed E-state index contributed by atoms with van der Waals surface area (Å²) in [5.41, 5.74) is 2.42. The van der Waals surface area contributed by atoms with Crippen molar-refractivity contribution in [3.05, 3.63) is 53.9 Å². The first kappa shape index (κ1) is 20.5. The van der Waals surface area contributed by atoms with E-state index in [1.165, 1.54) is 16.2 Å². The summed E-state index contributed by atoms with van der Waals surface area (Å²) in [6.45, 7) is 4.08. The molecule has 0 saturated carbocycles. The highest BCUT2D eigenvalue weighted by molar-refractivity contribution is 5.29. The van der Waals surface area contributed by atoms with Crippen molar-refractivity contribution in [3.63, 3.8) is 0 Å². The normalized spacial score (nSPS) is 13.5. The largest absolute Gasteiger partial charge is 0.497 e. The summed E-state index contributed by atoms with van der Waals surface area (Å²) in [6, 6.07) is 12.3. The van der Waals surface area contributed by atoms with Crippen LogP contribution in [0.4, 0.5) is 0 Å². The van der Waals surface area contributed by atoms with E-state index in [-0.39, 0.29) is 0 Å². The Balaban J connectivity index is 2.05. The molecule has 2 rings (SSSR count). The number of rotatable bonds is 12. The monoisotopic (exact) mass is 363 g/mol. The number of nitrogens with zero attached hydrogens (tertiary/aromatic N) is 1. The van der Waals surface area contributed by atoms with Crippen LogP contribution in [0.1, 0.15) is 11.3 Å². The molecule has 1 aromatic carbocycles. The average molecular weight is 363 g/mol. The molecule has 1 heterocycles. The first-order valence-corrected chi connectivity index (χ1v) is 8.92. The standard InChI is InChI=1S/C20H30N2O4/c1-24-11-10-21(15-19(23)16-25-2)14-18-7-5-9-22(18)13-17-6-4-8-20(12-17)26-3/h4-9,12,19,23H,10-11,13-16H2,1-3H3/p+1/t19-/m0/s1. The highest BCUT2D eigenvalue weighted by Gasteiger charge is 2.17. The van der Waals surface area contributed by atoms with E-state index in [1.54, 1.807) is 21.3 Å². The summed E-state index contributed by atoms with van der Waals surface area (Å²) in [7, 11) is 4.99. The Labute approximate surface area is 155 Å². The van der Waals surface area contributed by atoms with E-state index in [0.29, 0.717) is 19.8 Å². The first-order chi connectivity index (χ1) is 12.7. The third-order valence-electron chi connectivity index (χ3n) is 4.38. The highest BCUT2D eigenvalue weighted by Crippen LogP contribution is 2.14. The van der Waals surface area contributed by atoms with Crippen molar-refractivity contribution in [2.24, 2.45) is 0 Å². The van der Waals surface area contributed by atoms with Crippen LogP contribution in [-0.2, 0) is 22.6 Å². The molecule has 0 aliphatic rings. The Kier molecular flexibility index (Phi) is 8.64. The number of quaternary nitrogens is 1. The summed E-state index contributed by atoms with van der Waals surface area (Å²) in [5.74, 6) is 0.867. The smallest absolute Gasteiger partial charge is 0.126 e. The van der Waals surface area contributed by atoms with Gasteiger partial charge in [0.25, 0.3) is 0 Å². The Morgan fingerprint density at radius 2 is 1.96 bits per heavy atom. The molecule has 6 nitrogen and oxygen atoms in total. The van der Waals surface area contributed by atoms with Crippen LogP contribution in [0.15, 0.2) is 42.6 Å². The maximum Gasteiger partial charge on any atom is 0.126 e. The lowest BCUT2D eigenvalue weighted by Gasteiger charge is -2.22. The van der Waals surface area contributed by atoms with Crippen LogP contribution in [0.25, 0.3) is 0 Å². The van der Waals surface area contributed by atoms with Gasteiger partial charge in [0.2, 0.25) is 0 Å². The van der Waals surface area contributed by atoms with Crippen molar-refractivity contribution in [2.45, 2.75) is 19.2 Å². The van der Waals surface area contributed by atoms with Gasteiger partial charge in [-0.25, -0.2) is 0 Å². The fourth-order valence-electron chi connectivity index (χ4n) is 3.08. The van der Waals surface area contributed by atoms with Crippen LogP contribution in [0, 0.1) is 0 Å². The minimum absolute atomic E-state index is 0.349. The second-order valence-corrected chi connectivity index (χ2v) is 6.46. The molecule has 1 aromatic heterocycles. The zero-order valence-electron chi connectivity index (χ0n) is 16.0. The molecule has 1 unspecified atom stereocenters. The predicted octanol–water partition coefficient (Wildman–Crippen LogP) is 0.584. The van der Waals surface area contributed by atoms with E-state index in [4.69, 9.17) is 14.2 Å². The van der Waals surface area contributed by atoms with Crippen LogP contribution in [0.2, 0.25) is 0 Å². The summed E-state index contributed by atoms with van der Waals surface area (Å²) in [4.78, 5) is 1.27. The van der Waals surface area contributed by atoms with Gasteiger partial charge in [-0.2, -0.15) is 0 Å². The molecular formula is C20H31N2O4+. The van der Waals surface area contributed by atoms with Gasteiger partial charge in [0, 0.05) is 27.0 Å². The number of aromatic nitrogens is 1. The van der Waals surface area contributed by atoms with Crippen LogP contribution in [0.3, 0.4) is 0 Å². The van der Waals surface area contributed by atoms with Crippen molar-refractivity contribution in [2.75, 3.05) is 47.6 Å². The fraction of sp³-hybridized carbons (Fsp3) is 0.500. The lowest BCUT2D eigenvalue weighted by atomic mass is 10.2. The van der Waals surface area contributed by atoms with Crippen molar-refractivity contribution in [1.29, 1.82) is 0 Å². The van der Waals surface area contributed by atoms with Gasteiger partial charge < -0.3 is 28.8 Å². The van der Waals surface area contributed by atoms with Crippen LogP contribution >= 0.6 is 0 Å². The molecule has 0 radical (unpaired) electrons. The SMILES string of the molecule is COCC[NH+](Cc1cccn1Cc1cccc(OC)c1)C[C@H](O)COC. The van der Waals surface area contributed by atoms with Crippen LogP contribution in [0.5, 0.6) is 5.75 Å². The molecule has 26 heavy (non-hydrogen) atoms. The third-order valence-corrected chi connectivity index (χ3v) is 4.38. The van der Waals surface area contributed by atoms with Gasteiger partial charge in [-0.3, -0.25) is 0 Å². The summed E-state index contributed by atoms with van der Waals surface area (Å²) in [5, 5.41) is 10.1. The number of ether oxygens (including phenoxy) is 3. The maximum atomic E-state index is 10.1. The van der Waals surface area contributed by atoms with Crippen LogP contribution < -0.4 is 9.64 Å². The summed E-state index contributed by atoms with van der Waals surface area (Å²) >= 11 is 0. The number of benzene rings is 1. The second kappa shape index (κ2) is 11.0. The molecule has 2 N–H and O–H groups in total. The summed E-state index contributed by atoms with van der Waals surface area (Å²) in [6.07, 6.45) is 1.61. The van der Waals surface area contributed by atoms with E-state index in [2.05, 4.69) is 35.0 Å². The zero-order valence-corrected chi connectivity index (χ0v) is 16.0. The molecule has 0 saturated heterocycles. The molecule has 6 heteroatoms. The van der Waals surface area contributed by atoms with Gasteiger partial charge in [0.05, 0.1) is 26.0 Å². The quantitative estimate of drug-likeness (QED) is 0.579. The molecule has 0 bridgehead atoms. The molecule has 2 aromatic rings. The third kappa shape index (κ3) is 6.46. The number of aliphatic hydroxyl groups is 1. The minimum atomic E-state index is -0.478. The Morgan fingerprint density at radius 3 is 2.69 bits per heavy atom. The van der Waals surface area contributed by atoms with E-state index >= 15 is 0 Å². The molecule has 0 amide bonds. The Hall–Kier alpha value is -1.86. The van der Waals surface area contributed by atoms with Crippen molar-refractivity contribution in [1.82, 2.24) is 4.57 Å². The first-order valence-electron chi connectivity index (χ1n) is 8.92. The average Bonchev–Trinajstić information content (AvgIpc) is 3.06. The second-order valence-electron chi connectivity index (χ2n) is 6.46. The van der Waals surface area contributed by atoms with Gasteiger partial charge in [-0.05, 0) is 29.8 Å². The molecule has 0 aliphatic heterocycles. The minimum Gasteiger partial charge on any atom is -0.497 e. The Bertz CT molecular complexity index is 644. The van der Waals surface area contributed by atoms with E-state index in [9.17, 15) is 5.11 Å². The lowest BCUT2D eigenvalue weighted by Crippen LogP contribution is -3.12. The fourth-order valence-corrected chi connectivity index (χ4v) is 3.08. The number of hydrogen-bond donors (Lipinski definition) is 2. The number of nitrogens with one attached hydrogen (secondary N) is 1. The van der Waals surface area contributed by atoms with E-state index in [0.717, 1.165) is 25.4 Å². The van der Waals surface area contributed by atoms with Gasteiger partial charge in [0.1, 0.15) is 31.5 Å². The molecule has 0 spiro atoms. The van der Waals surface area contributed by atoms with Gasteiger partial charge in [0.15, 0.2) is 0 Å². The molecule has 2 atom stereocenters. The molecular weight excluding hydrogens is 332 g/mol. The predicted molar refractivity (Wildman–Crippen MR) is 101 cm³/mol. The number of aliphatic hydroxyl groups excluding tert-OH is 1. The molecule has 0 fully saturated rings. The number of hydrogen-bond acceptors (Lipinski definition) is 4. The van der Waals surface area contributed by atoms with Crippen LogP contribution in [-0.4, -0.2) is 63.4 Å². The van der Waals surface area contributed by atoms with E-state index in [1.807, 2.05) is 12.1 Å². The van der Waals surface area contributed by atoms with Gasteiger partial charge in [-0.1, -0.05) is 12.1 Å². The molecule has 0 aliphatic carbocycles. The zero-order chi connectivity index (χ0) is 18.8. The molecule has 144 valence electrons. The topological polar surface area (TPSA) is 57.3 Å². The van der Waals surface area contributed by atoms with Gasteiger partial charge in [-0.15, -0.1) is 0 Å². The van der Waals surface area contributed by atoms with Crippen molar-refractivity contribution < 1.29 is 24.2 Å². The lowest BCUT2D eigenvalue weighted by molar-refractivity contribution is -0.917. The maximum absolute atomic E-state index is 10.1. The summed E-state index contributed by atoms with van der Waals surface area (Å²) < 4.78 is 17.8. The van der Waals surface area contributed by atoms with Crippen molar-refractivity contribution >= 4 is 0 Å². The Morgan fingerprint density at radius 1 is 1.12 bits per heavy atom. The van der Waals surface area contributed by atoms with Crippen molar-refractivity contribution in [3.8, 4) is 5.75 Å².